The molecule has 0 saturated carbocycles. The van der Waals surface area contributed by atoms with Gasteiger partial charge in [-0.2, -0.15) is 5.10 Å². The number of nitrogen functional groups attached to an aromatic ring is 1. The maximum atomic E-state index is 11.2. The van der Waals surface area contributed by atoms with Gasteiger partial charge >= 0.3 is 0 Å². The van der Waals surface area contributed by atoms with Crippen LogP contribution in [0.15, 0.2) is 40.0 Å². The third kappa shape index (κ3) is 2.48. The molecule has 6 nitrogen and oxygen atoms in total. The predicted octanol–water partition coefficient (Wildman–Crippen LogP) is 0.864. The number of benzene rings is 1. The summed E-state index contributed by atoms with van der Waals surface area (Å²) in [6, 6.07) is 4.21. The Bertz CT molecular complexity index is 665. The second-order valence-electron chi connectivity index (χ2n) is 3.37. The van der Waals surface area contributed by atoms with Crippen LogP contribution in [0.2, 0.25) is 0 Å². The fourth-order valence-corrected chi connectivity index (χ4v) is 2.15. The molecular weight excluding hydrogens is 308 g/mol. The summed E-state index contributed by atoms with van der Waals surface area (Å²) in [4.78, 5) is -0.00618. The zero-order valence-corrected chi connectivity index (χ0v) is 10.9. The maximum absolute atomic E-state index is 11.2. The molecule has 0 atom stereocenters. The fraction of sp³-hybridized carbons (Fsp3) is 0. The molecule has 1 aromatic carbocycles. The normalized spacial score (nSPS) is 11.6. The zero-order chi connectivity index (χ0) is 12.6. The Balaban J connectivity index is 2.62. The summed E-state index contributed by atoms with van der Waals surface area (Å²) in [7, 11) is -3.75. The molecule has 0 bridgehead atoms. The molecule has 0 amide bonds. The van der Waals surface area contributed by atoms with E-state index in [9.17, 15) is 8.42 Å². The number of hydrogen-bond donors (Lipinski definition) is 2. The number of halogens is 1. The minimum atomic E-state index is -3.75. The molecule has 0 saturated heterocycles. The van der Waals surface area contributed by atoms with Crippen molar-refractivity contribution in [1.29, 1.82) is 0 Å². The maximum Gasteiger partial charge on any atom is 0.238 e. The van der Waals surface area contributed by atoms with Gasteiger partial charge in [0.25, 0.3) is 0 Å². The van der Waals surface area contributed by atoms with Gasteiger partial charge in [0.1, 0.15) is 0 Å². The lowest BCUT2D eigenvalue weighted by Gasteiger charge is -2.07. The highest BCUT2D eigenvalue weighted by molar-refractivity contribution is 9.10. The van der Waals surface area contributed by atoms with Gasteiger partial charge in [-0.15, -0.1) is 0 Å². The fourth-order valence-electron chi connectivity index (χ4n) is 1.33. The molecule has 2 aromatic rings. The second-order valence-corrected chi connectivity index (χ2v) is 5.85. The Hall–Kier alpha value is -1.38. The zero-order valence-electron chi connectivity index (χ0n) is 8.54. The Morgan fingerprint density at radius 1 is 1.35 bits per heavy atom. The summed E-state index contributed by atoms with van der Waals surface area (Å²) in [5.74, 6) is 0. The van der Waals surface area contributed by atoms with E-state index in [0.717, 1.165) is 4.47 Å². The molecule has 0 aliphatic rings. The van der Waals surface area contributed by atoms with Gasteiger partial charge in [-0.3, -0.25) is 0 Å². The molecule has 8 heteroatoms. The lowest BCUT2D eigenvalue weighted by Crippen LogP contribution is -2.13. The number of nitrogens with zero attached hydrogens (tertiary/aromatic N) is 2. The van der Waals surface area contributed by atoms with Crippen LogP contribution in [-0.2, 0) is 10.0 Å². The van der Waals surface area contributed by atoms with E-state index in [1.54, 1.807) is 12.4 Å². The molecule has 0 spiro atoms. The molecule has 0 aliphatic heterocycles. The highest BCUT2D eigenvalue weighted by Gasteiger charge is 2.12. The molecule has 0 radical (unpaired) electrons. The van der Waals surface area contributed by atoms with Crippen LogP contribution < -0.4 is 10.9 Å². The first-order chi connectivity index (χ1) is 7.88. The molecule has 17 heavy (non-hydrogen) atoms. The molecule has 2 rings (SSSR count). The van der Waals surface area contributed by atoms with Crippen molar-refractivity contribution in [2.24, 2.45) is 5.14 Å². The number of anilines is 1. The van der Waals surface area contributed by atoms with Crippen molar-refractivity contribution in [3.8, 4) is 5.69 Å². The number of primary sulfonamides is 1. The van der Waals surface area contributed by atoms with E-state index in [2.05, 4.69) is 21.0 Å². The molecule has 1 aromatic heterocycles. The van der Waals surface area contributed by atoms with E-state index in [1.165, 1.54) is 22.9 Å². The highest BCUT2D eigenvalue weighted by Crippen LogP contribution is 2.21. The summed E-state index contributed by atoms with van der Waals surface area (Å²) in [5.41, 5.74) is 6.63. The van der Waals surface area contributed by atoms with Gasteiger partial charge in [0, 0.05) is 6.20 Å². The predicted molar refractivity (Wildman–Crippen MR) is 67.0 cm³/mol. The topological polar surface area (TPSA) is 104 Å². The number of aromatic nitrogens is 2. The Morgan fingerprint density at radius 3 is 2.59 bits per heavy atom. The van der Waals surface area contributed by atoms with Crippen LogP contribution in [0.5, 0.6) is 0 Å². The van der Waals surface area contributed by atoms with E-state index >= 15 is 0 Å². The Kier molecular flexibility index (Phi) is 2.94. The van der Waals surface area contributed by atoms with Crippen molar-refractivity contribution < 1.29 is 8.42 Å². The van der Waals surface area contributed by atoms with Crippen molar-refractivity contribution in [1.82, 2.24) is 9.78 Å². The van der Waals surface area contributed by atoms with Gasteiger partial charge in [0.2, 0.25) is 10.0 Å². The van der Waals surface area contributed by atoms with Crippen molar-refractivity contribution in [2.75, 3.05) is 5.73 Å². The minimum Gasteiger partial charge on any atom is -0.397 e. The van der Waals surface area contributed by atoms with Gasteiger partial charge in [0.05, 0.1) is 26.9 Å². The van der Waals surface area contributed by atoms with Gasteiger partial charge in [-0.1, -0.05) is 0 Å². The van der Waals surface area contributed by atoms with E-state index < -0.39 is 10.0 Å². The lowest BCUT2D eigenvalue weighted by molar-refractivity contribution is 0.597. The van der Waals surface area contributed by atoms with Gasteiger partial charge < -0.3 is 5.73 Å². The Morgan fingerprint density at radius 2 is 2.06 bits per heavy atom. The van der Waals surface area contributed by atoms with Crippen LogP contribution in [0.25, 0.3) is 5.69 Å². The summed E-state index contributed by atoms with van der Waals surface area (Å²) >= 11 is 3.24. The van der Waals surface area contributed by atoms with Crippen molar-refractivity contribution in [3.63, 3.8) is 0 Å². The van der Waals surface area contributed by atoms with Gasteiger partial charge in [-0.05, 0) is 34.1 Å². The van der Waals surface area contributed by atoms with Crippen molar-refractivity contribution in [3.05, 3.63) is 35.1 Å². The standard InChI is InChI=1S/C9H9BrN4O2S/c10-6-4-13-14(5-6)9-3-7(17(12,15)16)1-2-8(9)11/h1-5H,11H2,(H2,12,15,16). The SMILES string of the molecule is Nc1ccc(S(N)(=O)=O)cc1-n1cc(Br)cn1. The second kappa shape index (κ2) is 4.13. The Labute approximate surface area is 106 Å². The number of sulfonamides is 1. The number of nitrogens with two attached hydrogens (primary N) is 2. The molecule has 1 heterocycles. The summed E-state index contributed by atoms with van der Waals surface area (Å²) in [6.45, 7) is 0. The van der Waals surface area contributed by atoms with E-state index in [0.29, 0.717) is 11.4 Å². The first-order valence-electron chi connectivity index (χ1n) is 4.51. The first-order valence-corrected chi connectivity index (χ1v) is 6.85. The van der Waals surface area contributed by atoms with Gasteiger partial charge in [0.15, 0.2) is 0 Å². The van der Waals surface area contributed by atoms with Crippen LogP contribution in [0.3, 0.4) is 0 Å². The van der Waals surface area contributed by atoms with Crippen molar-refractivity contribution >= 4 is 31.6 Å². The smallest absolute Gasteiger partial charge is 0.238 e. The minimum absolute atomic E-state index is 0.00618. The summed E-state index contributed by atoms with van der Waals surface area (Å²) in [5, 5.41) is 9.08. The highest BCUT2D eigenvalue weighted by atomic mass is 79.9. The third-order valence-corrected chi connectivity index (χ3v) is 3.45. The average molecular weight is 317 g/mol. The number of hydrogen-bond acceptors (Lipinski definition) is 4. The van der Waals surface area contributed by atoms with E-state index in [1.807, 2.05) is 0 Å². The summed E-state index contributed by atoms with van der Waals surface area (Å²) < 4.78 is 24.7. The van der Waals surface area contributed by atoms with Crippen LogP contribution in [0, 0.1) is 0 Å². The van der Waals surface area contributed by atoms with E-state index in [-0.39, 0.29) is 4.90 Å². The van der Waals surface area contributed by atoms with Gasteiger partial charge in [-0.25, -0.2) is 18.2 Å². The molecule has 0 aliphatic carbocycles. The summed E-state index contributed by atoms with van der Waals surface area (Å²) in [6.07, 6.45) is 3.24. The quantitative estimate of drug-likeness (QED) is 0.802. The monoisotopic (exact) mass is 316 g/mol. The van der Waals surface area contributed by atoms with Crippen molar-refractivity contribution in [2.45, 2.75) is 4.90 Å². The molecular formula is C9H9BrN4O2S. The molecule has 90 valence electrons. The van der Waals surface area contributed by atoms with Crippen LogP contribution >= 0.6 is 15.9 Å². The average Bonchev–Trinajstić information content (AvgIpc) is 2.63. The lowest BCUT2D eigenvalue weighted by atomic mass is 10.3. The molecule has 0 unspecified atom stereocenters. The first kappa shape index (κ1) is 12.1. The largest absolute Gasteiger partial charge is 0.397 e. The van der Waals surface area contributed by atoms with Crippen LogP contribution in [0.4, 0.5) is 5.69 Å². The van der Waals surface area contributed by atoms with Crippen LogP contribution in [-0.4, -0.2) is 18.2 Å². The van der Waals surface area contributed by atoms with Crippen LogP contribution in [0.1, 0.15) is 0 Å². The third-order valence-electron chi connectivity index (χ3n) is 2.13. The molecule has 4 N–H and O–H groups in total. The number of rotatable bonds is 2. The van der Waals surface area contributed by atoms with E-state index in [4.69, 9.17) is 10.9 Å². The molecule has 0 fully saturated rings.